The zero-order chi connectivity index (χ0) is 24.9. The molecule has 2 aromatic heterocycles. The number of hydrogen-bond acceptors (Lipinski definition) is 5. The Morgan fingerprint density at radius 1 is 1.21 bits per heavy atom. The van der Waals surface area contributed by atoms with Gasteiger partial charge in [0.25, 0.3) is 0 Å². The molecule has 1 saturated carbocycles. The van der Waals surface area contributed by atoms with E-state index in [1.807, 2.05) is 0 Å². The summed E-state index contributed by atoms with van der Waals surface area (Å²) in [5, 5.41) is 14.1. The van der Waals surface area contributed by atoms with Crippen molar-refractivity contribution in [3.8, 4) is 11.7 Å². The van der Waals surface area contributed by atoms with Gasteiger partial charge in [-0.3, -0.25) is 0 Å². The Hall–Kier alpha value is -2.78. The highest BCUT2D eigenvalue weighted by molar-refractivity contribution is 5.93. The number of ether oxygens (including phenoxy) is 1. The van der Waals surface area contributed by atoms with Crippen LogP contribution >= 0.6 is 0 Å². The third-order valence-electron chi connectivity index (χ3n) is 7.41. The summed E-state index contributed by atoms with van der Waals surface area (Å²) in [5.74, 6) is -0.0718. The molecule has 1 N–H and O–H groups in total. The van der Waals surface area contributed by atoms with Crippen molar-refractivity contribution in [1.29, 1.82) is 0 Å². The molecule has 0 amide bonds. The molecule has 10 heteroatoms. The van der Waals surface area contributed by atoms with Gasteiger partial charge >= 0.3 is 12.1 Å². The maximum absolute atomic E-state index is 13.1. The van der Waals surface area contributed by atoms with E-state index in [1.54, 1.807) is 18.3 Å². The van der Waals surface area contributed by atoms with Gasteiger partial charge in [-0.05, 0) is 63.5 Å². The Morgan fingerprint density at radius 2 is 1.91 bits per heavy atom. The molecule has 1 atom stereocenters. The van der Waals surface area contributed by atoms with Gasteiger partial charge in [-0.2, -0.15) is 13.2 Å². The van der Waals surface area contributed by atoms with Crippen LogP contribution in [0.2, 0.25) is 0 Å². The lowest BCUT2D eigenvalue weighted by molar-refractivity contribution is -0.190. The first-order valence-electron chi connectivity index (χ1n) is 11.6. The Labute approximate surface area is 196 Å². The molecular weight excluding hydrogens is 449 g/mol. The first kappa shape index (κ1) is 24.3. The summed E-state index contributed by atoms with van der Waals surface area (Å²) in [6.07, 6.45) is -0.560. The predicted molar refractivity (Wildman–Crippen MR) is 121 cm³/mol. The molecule has 1 aliphatic carbocycles. The molecule has 1 saturated heterocycles. The Kier molecular flexibility index (Phi) is 5.85. The van der Waals surface area contributed by atoms with E-state index in [-0.39, 0.29) is 48.3 Å². The van der Waals surface area contributed by atoms with Crippen LogP contribution < -0.4 is 9.64 Å². The number of aromatic nitrogens is 3. The summed E-state index contributed by atoms with van der Waals surface area (Å²) in [6.45, 7) is 9.10. The second-order valence-corrected chi connectivity index (χ2v) is 10.6. The van der Waals surface area contributed by atoms with E-state index in [2.05, 4.69) is 42.7 Å². The largest absolute Gasteiger partial charge is 0.478 e. The normalized spacial score (nSPS) is 23.2. The third-order valence-corrected chi connectivity index (χ3v) is 7.41. The van der Waals surface area contributed by atoms with Crippen molar-refractivity contribution in [2.24, 2.45) is 10.8 Å². The van der Waals surface area contributed by atoms with Crippen molar-refractivity contribution in [1.82, 2.24) is 14.8 Å². The van der Waals surface area contributed by atoms with Gasteiger partial charge in [0.15, 0.2) is 5.82 Å². The highest BCUT2D eigenvalue weighted by Gasteiger charge is 2.62. The lowest BCUT2D eigenvalue weighted by Gasteiger charge is -2.33. The predicted octanol–water partition coefficient (Wildman–Crippen LogP) is 5.48. The van der Waals surface area contributed by atoms with Crippen molar-refractivity contribution in [2.45, 2.75) is 71.5 Å². The van der Waals surface area contributed by atoms with Gasteiger partial charge in [-0.1, -0.05) is 13.8 Å². The van der Waals surface area contributed by atoms with E-state index in [0.29, 0.717) is 18.2 Å². The van der Waals surface area contributed by atoms with Crippen LogP contribution in [-0.2, 0) is 0 Å². The molecule has 0 aromatic carbocycles. The highest BCUT2D eigenvalue weighted by Crippen LogP contribution is 2.59. The van der Waals surface area contributed by atoms with Gasteiger partial charge in [0.2, 0.25) is 5.88 Å². The second kappa shape index (κ2) is 8.16. The molecule has 34 heavy (non-hydrogen) atoms. The minimum Gasteiger partial charge on any atom is -0.478 e. The molecular formula is C24H31F3N4O3. The number of carbonyl (C=O) groups is 1. The summed E-state index contributed by atoms with van der Waals surface area (Å²) >= 11 is 0. The number of aromatic carboxylic acids is 1. The average Bonchev–Trinajstić information content (AvgIpc) is 3.33. The lowest BCUT2D eigenvalue weighted by Crippen LogP contribution is -2.40. The number of halogens is 3. The van der Waals surface area contributed by atoms with Gasteiger partial charge in [-0.15, -0.1) is 5.10 Å². The molecule has 0 unspecified atom stereocenters. The molecule has 4 rings (SSSR count). The number of pyridine rings is 1. The Morgan fingerprint density at radius 3 is 2.47 bits per heavy atom. The van der Waals surface area contributed by atoms with Crippen LogP contribution in [0.25, 0.3) is 5.82 Å². The second-order valence-electron chi connectivity index (χ2n) is 10.6. The minimum absolute atomic E-state index is 0.0407. The Balaban J connectivity index is 1.55. The number of nitrogens with zero attached hydrogens (tertiary/aromatic N) is 4. The number of carboxylic acids is 1. The minimum atomic E-state index is -4.21. The van der Waals surface area contributed by atoms with Gasteiger partial charge in [0, 0.05) is 24.3 Å². The van der Waals surface area contributed by atoms with E-state index >= 15 is 0 Å². The van der Waals surface area contributed by atoms with E-state index in [9.17, 15) is 23.1 Å². The number of alkyl halides is 3. The molecule has 3 heterocycles. The SMILES string of the molecule is CC[C@]1(C)CN(c2nc(-n3ccc(OCCC4(C(F)(F)F)CC4)n3)ccc2C(=O)O)C(C)(C)C1. The molecule has 0 radical (unpaired) electrons. The maximum Gasteiger partial charge on any atom is 0.394 e. The number of carboxylic acid groups (broad SMARTS) is 1. The zero-order valence-electron chi connectivity index (χ0n) is 19.9. The summed E-state index contributed by atoms with van der Waals surface area (Å²) in [6, 6.07) is 4.64. The molecule has 2 aliphatic rings. The quantitative estimate of drug-likeness (QED) is 0.539. The first-order chi connectivity index (χ1) is 15.8. The first-order valence-corrected chi connectivity index (χ1v) is 11.6. The number of anilines is 1. The van der Waals surface area contributed by atoms with Crippen LogP contribution in [0, 0.1) is 10.8 Å². The lowest BCUT2D eigenvalue weighted by atomic mass is 9.82. The van der Waals surface area contributed by atoms with E-state index < -0.39 is 17.6 Å². The van der Waals surface area contributed by atoms with E-state index in [0.717, 1.165) is 12.8 Å². The number of hydrogen-bond donors (Lipinski definition) is 1. The van der Waals surface area contributed by atoms with Gasteiger partial charge in [0.05, 0.1) is 12.0 Å². The average molecular weight is 481 g/mol. The highest BCUT2D eigenvalue weighted by atomic mass is 19.4. The molecule has 2 fully saturated rings. The van der Waals surface area contributed by atoms with Crippen molar-refractivity contribution in [2.75, 3.05) is 18.1 Å². The van der Waals surface area contributed by atoms with Gasteiger partial charge in [-0.25, -0.2) is 14.5 Å². The molecule has 1 aliphatic heterocycles. The van der Waals surface area contributed by atoms with Crippen molar-refractivity contribution in [3.05, 3.63) is 30.0 Å². The fourth-order valence-electron chi connectivity index (χ4n) is 5.02. The summed E-state index contributed by atoms with van der Waals surface area (Å²) < 4.78 is 46.2. The van der Waals surface area contributed by atoms with Crippen molar-refractivity contribution >= 4 is 11.8 Å². The van der Waals surface area contributed by atoms with Gasteiger partial charge in [0.1, 0.15) is 11.4 Å². The van der Waals surface area contributed by atoms with Crippen LogP contribution in [-0.4, -0.2) is 50.7 Å². The van der Waals surface area contributed by atoms with Crippen molar-refractivity contribution < 1.29 is 27.8 Å². The van der Waals surface area contributed by atoms with Crippen LogP contribution in [0.15, 0.2) is 24.4 Å². The molecule has 2 aromatic rings. The van der Waals surface area contributed by atoms with E-state index in [4.69, 9.17) is 4.74 Å². The monoisotopic (exact) mass is 480 g/mol. The molecule has 0 spiro atoms. The van der Waals surface area contributed by atoms with Crippen LogP contribution in [0.4, 0.5) is 19.0 Å². The molecule has 0 bridgehead atoms. The Bertz CT molecular complexity index is 1080. The third kappa shape index (κ3) is 4.46. The fourth-order valence-corrected chi connectivity index (χ4v) is 5.02. The maximum atomic E-state index is 13.1. The van der Waals surface area contributed by atoms with Crippen LogP contribution in [0.3, 0.4) is 0 Å². The zero-order valence-corrected chi connectivity index (χ0v) is 19.9. The van der Waals surface area contributed by atoms with Crippen molar-refractivity contribution in [3.63, 3.8) is 0 Å². The summed E-state index contributed by atoms with van der Waals surface area (Å²) in [4.78, 5) is 18.7. The standard InChI is InChI=1S/C24H31F3N4O3/c1-5-22(4)14-21(2,3)30(15-22)19-16(20(32)33)6-7-17(28-19)31-12-8-18(29-31)34-13-11-23(9-10-23)24(25,26)27/h6-8,12H,5,9-11,13-15H2,1-4H3,(H,32,33)/t22-/m0/s1. The van der Waals surface area contributed by atoms with Gasteiger partial charge < -0.3 is 14.7 Å². The summed E-state index contributed by atoms with van der Waals surface area (Å²) in [5.41, 5.74) is -1.74. The number of rotatable bonds is 8. The van der Waals surface area contributed by atoms with Crippen LogP contribution in [0.5, 0.6) is 5.88 Å². The van der Waals surface area contributed by atoms with E-state index in [1.165, 1.54) is 10.7 Å². The summed E-state index contributed by atoms with van der Waals surface area (Å²) in [7, 11) is 0. The smallest absolute Gasteiger partial charge is 0.394 e. The van der Waals surface area contributed by atoms with Crippen LogP contribution in [0.1, 0.15) is 70.2 Å². The molecule has 186 valence electrons. The molecule has 7 nitrogen and oxygen atoms in total. The fraction of sp³-hybridized carbons (Fsp3) is 0.625. The topological polar surface area (TPSA) is 80.5 Å².